The number of ether oxygens (including phenoxy) is 3. The van der Waals surface area contributed by atoms with E-state index in [0.29, 0.717) is 18.1 Å². The quantitative estimate of drug-likeness (QED) is 0.665. The van der Waals surface area contributed by atoms with Gasteiger partial charge in [-0.1, -0.05) is 0 Å². The minimum Gasteiger partial charge on any atom is -0.492 e. The van der Waals surface area contributed by atoms with E-state index in [-0.39, 0.29) is 0 Å². The van der Waals surface area contributed by atoms with Gasteiger partial charge in [0.05, 0.1) is 31.5 Å². The van der Waals surface area contributed by atoms with Crippen molar-refractivity contribution in [3.63, 3.8) is 0 Å². The average molecular weight is 331 g/mol. The van der Waals surface area contributed by atoms with E-state index >= 15 is 0 Å². The molecule has 0 bridgehead atoms. The highest BCUT2D eigenvalue weighted by Crippen LogP contribution is 2.36. The van der Waals surface area contributed by atoms with Crippen molar-refractivity contribution in [1.82, 2.24) is 5.43 Å². The van der Waals surface area contributed by atoms with Crippen LogP contribution in [0.1, 0.15) is 12.5 Å². The number of hydrogen-bond donors (Lipinski definition) is 1. The van der Waals surface area contributed by atoms with Crippen molar-refractivity contribution in [2.24, 2.45) is 5.10 Å². The molecule has 1 rings (SSSR count). The van der Waals surface area contributed by atoms with E-state index in [1.54, 1.807) is 19.2 Å². The molecule has 0 saturated carbocycles. The fourth-order valence-electron chi connectivity index (χ4n) is 1.33. The van der Waals surface area contributed by atoms with Crippen LogP contribution in [-0.2, 0) is 4.74 Å². The Balaban J connectivity index is 2.93. The number of nitrogens with one attached hydrogen (secondary N) is 1. The molecule has 0 saturated heterocycles. The van der Waals surface area contributed by atoms with Gasteiger partial charge in [-0.25, -0.2) is 10.2 Å². The second-order valence-corrected chi connectivity index (χ2v) is 4.18. The molecule has 0 aromatic heterocycles. The van der Waals surface area contributed by atoms with Gasteiger partial charge in [0.25, 0.3) is 0 Å². The molecule has 1 aromatic rings. The molecule has 0 fully saturated rings. The summed E-state index contributed by atoms with van der Waals surface area (Å²) < 4.78 is 15.8. The minimum atomic E-state index is -0.631. The summed E-state index contributed by atoms with van der Waals surface area (Å²) >= 11 is 3.38. The molecule has 0 aliphatic carbocycles. The van der Waals surface area contributed by atoms with E-state index in [0.717, 1.165) is 10.0 Å². The lowest BCUT2D eigenvalue weighted by molar-refractivity contribution is 0.171. The van der Waals surface area contributed by atoms with Gasteiger partial charge in [-0.3, -0.25) is 0 Å². The second-order valence-electron chi connectivity index (χ2n) is 3.33. The Labute approximate surface area is 119 Å². The Kier molecular flexibility index (Phi) is 6.14. The van der Waals surface area contributed by atoms with Crippen molar-refractivity contribution >= 4 is 28.2 Å². The summed E-state index contributed by atoms with van der Waals surface area (Å²) in [7, 11) is 2.83. The maximum Gasteiger partial charge on any atom is 0.427 e. The van der Waals surface area contributed by atoms with Crippen LogP contribution in [0, 0.1) is 0 Å². The first-order valence-corrected chi connectivity index (χ1v) is 6.29. The molecule has 0 heterocycles. The summed E-state index contributed by atoms with van der Waals surface area (Å²) in [5.41, 5.74) is 2.94. The summed E-state index contributed by atoms with van der Waals surface area (Å²) in [6.07, 6.45) is 0.845. The maximum atomic E-state index is 10.8. The molecule has 0 aliphatic rings. The van der Waals surface area contributed by atoms with Crippen molar-refractivity contribution in [2.45, 2.75) is 6.92 Å². The summed E-state index contributed by atoms with van der Waals surface area (Å²) in [6.45, 7) is 2.40. The molecule has 0 atom stereocenters. The van der Waals surface area contributed by atoms with E-state index in [1.807, 2.05) is 6.92 Å². The summed E-state index contributed by atoms with van der Waals surface area (Å²) in [5.74, 6) is 1.21. The second kappa shape index (κ2) is 7.63. The smallest absolute Gasteiger partial charge is 0.427 e. The number of methoxy groups -OCH3 is 2. The number of rotatable bonds is 5. The van der Waals surface area contributed by atoms with Crippen LogP contribution >= 0.6 is 15.9 Å². The van der Waals surface area contributed by atoms with E-state index in [4.69, 9.17) is 9.47 Å². The van der Waals surface area contributed by atoms with Gasteiger partial charge in [0.2, 0.25) is 0 Å². The highest BCUT2D eigenvalue weighted by atomic mass is 79.9. The maximum absolute atomic E-state index is 10.8. The van der Waals surface area contributed by atoms with Gasteiger partial charge in [0.15, 0.2) is 11.5 Å². The highest BCUT2D eigenvalue weighted by molar-refractivity contribution is 9.10. The number of benzene rings is 1. The Morgan fingerprint density at radius 1 is 1.47 bits per heavy atom. The SMILES string of the molecule is CCOc1cc(/C=N\NC(=O)OC)cc(Br)c1OC. The van der Waals surface area contributed by atoms with Gasteiger partial charge in [0.1, 0.15) is 0 Å². The van der Waals surface area contributed by atoms with Gasteiger partial charge in [0, 0.05) is 0 Å². The van der Waals surface area contributed by atoms with Crippen LogP contribution in [0.2, 0.25) is 0 Å². The highest BCUT2D eigenvalue weighted by Gasteiger charge is 2.10. The molecule has 0 aliphatic heterocycles. The summed E-state index contributed by atoms with van der Waals surface area (Å²) in [4.78, 5) is 10.8. The Morgan fingerprint density at radius 2 is 2.21 bits per heavy atom. The first-order valence-electron chi connectivity index (χ1n) is 5.49. The van der Waals surface area contributed by atoms with E-state index < -0.39 is 6.09 Å². The van der Waals surface area contributed by atoms with Gasteiger partial charge in [-0.2, -0.15) is 5.10 Å². The van der Waals surface area contributed by atoms with Crippen molar-refractivity contribution in [3.05, 3.63) is 22.2 Å². The Morgan fingerprint density at radius 3 is 2.79 bits per heavy atom. The lowest BCUT2D eigenvalue weighted by atomic mass is 10.2. The van der Waals surface area contributed by atoms with Crippen LogP contribution in [0.25, 0.3) is 0 Å². The number of hydrogen-bond acceptors (Lipinski definition) is 5. The van der Waals surface area contributed by atoms with Gasteiger partial charge < -0.3 is 14.2 Å². The minimum absolute atomic E-state index is 0.518. The molecule has 7 heteroatoms. The molecule has 1 amide bonds. The molecule has 1 N–H and O–H groups in total. The molecule has 0 radical (unpaired) electrons. The fourth-order valence-corrected chi connectivity index (χ4v) is 1.95. The molecule has 104 valence electrons. The monoisotopic (exact) mass is 330 g/mol. The average Bonchev–Trinajstić information content (AvgIpc) is 2.38. The molecule has 6 nitrogen and oxygen atoms in total. The molecular formula is C12H15BrN2O4. The van der Waals surface area contributed by atoms with Crippen molar-refractivity contribution in [1.29, 1.82) is 0 Å². The van der Waals surface area contributed by atoms with Crippen LogP contribution in [-0.4, -0.2) is 33.1 Å². The fraction of sp³-hybridized carbons (Fsp3) is 0.333. The molecule has 19 heavy (non-hydrogen) atoms. The summed E-state index contributed by atoms with van der Waals surface area (Å²) in [5, 5.41) is 3.74. The predicted octanol–water partition coefficient (Wildman–Crippen LogP) is 2.55. The summed E-state index contributed by atoms with van der Waals surface area (Å²) in [6, 6.07) is 3.55. The first-order chi connectivity index (χ1) is 9.12. The van der Waals surface area contributed by atoms with E-state index in [9.17, 15) is 4.79 Å². The molecule has 0 unspecified atom stereocenters. The topological polar surface area (TPSA) is 69.2 Å². The number of hydrazone groups is 1. The first kappa shape index (κ1) is 15.3. The molecule has 0 spiro atoms. The van der Waals surface area contributed by atoms with Crippen LogP contribution < -0.4 is 14.9 Å². The zero-order valence-electron chi connectivity index (χ0n) is 10.9. The van der Waals surface area contributed by atoms with E-state index in [2.05, 4.69) is 31.2 Å². The number of halogens is 1. The van der Waals surface area contributed by atoms with Crippen LogP contribution in [0.5, 0.6) is 11.5 Å². The van der Waals surface area contributed by atoms with Crippen LogP contribution in [0.3, 0.4) is 0 Å². The van der Waals surface area contributed by atoms with Crippen molar-refractivity contribution < 1.29 is 19.0 Å². The number of nitrogens with zero attached hydrogens (tertiary/aromatic N) is 1. The zero-order chi connectivity index (χ0) is 14.3. The van der Waals surface area contributed by atoms with Crippen LogP contribution in [0.15, 0.2) is 21.7 Å². The zero-order valence-corrected chi connectivity index (χ0v) is 12.5. The normalized spacial score (nSPS) is 10.3. The lowest BCUT2D eigenvalue weighted by Gasteiger charge is -2.11. The molecule has 1 aromatic carbocycles. The van der Waals surface area contributed by atoms with Crippen molar-refractivity contribution in [2.75, 3.05) is 20.8 Å². The number of amides is 1. The standard InChI is InChI=1S/C12H15BrN2O4/c1-4-19-10-6-8(5-9(13)11(10)17-2)7-14-15-12(16)18-3/h5-7H,4H2,1-3H3,(H,15,16)/b14-7-. The molecular weight excluding hydrogens is 316 g/mol. The van der Waals surface area contributed by atoms with Crippen molar-refractivity contribution in [3.8, 4) is 11.5 Å². The predicted molar refractivity (Wildman–Crippen MR) is 75.0 cm³/mol. The van der Waals surface area contributed by atoms with Gasteiger partial charge >= 0.3 is 6.09 Å². The Bertz CT molecular complexity index is 477. The van der Waals surface area contributed by atoms with Crippen LogP contribution in [0.4, 0.5) is 4.79 Å². The third-order valence-electron chi connectivity index (χ3n) is 2.09. The number of carbonyl (C=O) groups is 1. The third-order valence-corrected chi connectivity index (χ3v) is 2.68. The third kappa shape index (κ3) is 4.44. The number of carbonyl (C=O) groups excluding carboxylic acids is 1. The van der Waals surface area contributed by atoms with Gasteiger partial charge in [-0.15, -0.1) is 0 Å². The van der Waals surface area contributed by atoms with Gasteiger partial charge in [-0.05, 0) is 40.5 Å². The lowest BCUT2D eigenvalue weighted by Crippen LogP contribution is -2.16. The largest absolute Gasteiger partial charge is 0.492 e. The Hall–Kier alpha value is -1.76. The van der Waals surface area contributed by atoms with E-state index in [1.165, 1.54) is 13.3 Å².